The molecule has 0 spiro atoms. The Morgan fingerprint density at radius 1 is 0.880 bits per heavy atom. The summed E-state index contributed by atoms with van der Waals surface area (Å²) < 4.78 is 10.6. The molecule has 1 aromatic carbocycles. The smallest absolute Gasteiger partial charge is 0.166 e. The predicted octanol–water partition coefficient (Wildman–Crippen LogP) is 4.46. The fourth-order valence-electron chi connectivity index (χ4n) is 2.70. The third-order valence-electron chi connectivity index (χ3n) is 4.21. The largest absolute Gasteiger partial charge is 0.493 e. The van der Waals surface area contributed by atoms with Gasteiger partial charge in [0.15, 0.2) is 16.6 Å². The highest BCUT2D eigenvalue weighted by atomic mass is 32.1. The summed E-state index contributed by atoms with van der Waals surface area (Å²) in [6.45, 7) is 4.01. The summed E-state index contributed by atoms with van der Waals surface area (Å²) in [5.74, 6) is 1.52. The maximum Gasteiger partial charge on any atom is 0.166 e. The molecule has 1 rings (SSSR count). The first-order chi connectivity index (χ1) is 12.2. The van der Waals surface area contributed by atoms with Crippen LogP contribution in [-0.4, -0.2) is 32.4 Å². The molecule has 0 aliphatic carbocycles. The molecule has 25 heavy (non-hydrogen) atoms. The Kier molecular flexibility index (Phi) is 11.9. The molecule has 0 amide bonds. The van der Waals surface area contributed by atoms with Crippen molar-refractivity contribution < 1.29 is 9.47 Å². The highest BCUT2D eigenvalue weighted by Gasteiger charge is 2.04. The molecule has 0 atom stereocenters. The second kappa shape index (κ2) is 13.8. The lowest BCUT2D eigenvalue weighted by Gasteiger charge is -2.12. The number of rotatable bonds is 13. The Balaban J connectivity index is 2.10. The van der Waals surface area contributed by atoms with Gasteiger partial charge in [0.1, 0.15) is 0 Å². The number of ether oxygens (including phenoxy) is 2. The molecule has 5 heteroatoms. The van der Waals surface area contributed by atoms with Gasteiger partial charge in [-0.3, -0.25) is 0 Å². The molecule has 1 aromatic rings. The van der Waals surface area contributed by atoms with E-state index in [2.05, 4.69) is 23.6 Å². The molecule has 0 aliphatic rings. The van der Waals surface area contributed by atoms with Gasteiger partial charge in [-0.05, 0) is 42.8 Å². The van der Waals surface area contributed by atoms with E-state index in [1.807, 2.05) is 12.1 Å². The summed E-state index contributed by atoms with van der Waals surface area (Å²) in [4.78, 5) is 0. The summed E-state index contributed by atoms with van der Waals surface area (Å²) in [7, 11) is 3.30. The minimum atomic E-state index is 0.742. The Bertz CT molecular complexity index is 495. The summed E-state index contributed by atoms with van der Waals surface area (Å²) >= 11 is 5.33. The average Bonchev–Trinajstić information content (AvgIpc) is 2.63. The van der Waals surface area contributed by atoms with Gasteiger partial charge in [-0.2, -0.15) is 0 Å². The standard InChI is InChI=1S/C20H34N2O2S/c1-4-5-6-7-8-9-10-14-21-20(25)22-15-13-17-11-12-18(23-2)19(16-17)24-3/h11-12,16H,4-10,13-15H2,1-3H3,(H2,21,22,25). The van der Waals surface area contributed by atoms with Crippen molar-refractivity contribution in [3.8, 4) is 11.5 Å². The van der Waals surface area contributed by atoms with Crippen molar-refractivity contribution in [1.82, 2.24) is 10.6 Å². The molecule has 0 aliphatic heterocycles. The minimum absolute atomic E-state index is 0.742. The Morgan fingerprint density at radius 3 is 2.20 bits per heavy atom. The number of thiocarbonyl (C=S) groups is 1. The molecule has 0 aromatic heterocycles. The van der Waals surface area contributed by atoms with Gasteiger partial charge in [0.2, 0.25) is 0 Å². The molecular weight excluding hydrogens is 332 g/mol. The fraction of sp³-hybridized carbons (Fsp3) is 0.650. The second-order valence-corrected chi connectivity index (χ2v) is 6.65. The van der Waals surface area contributed by atoms with Crippen molar-refractivity contribution in [2.45, 2.75) is 58.3 Å². The van der Waals surface area contributed by atoms with E-state index in [4.69, 9.17) is 21.7 Å². The first-order valence-corrected chi connectivity index (χ1v) is 9.84. The molecule has 0 saturated heterocycles. The highest BCUT2D eigenvalue weighted by Crippen LogP contribution is 2.27. The van der Waals surface area contributed by atoms with Gasteiger partial charge >= 0.3 is 0 Å². The van der Waals surface area contributed by atoms with Crippen molar-refractivity contribution in [2.24, 2.45) is 0 Å². The molecule has 0 saturated carbocycles. The fourth-order valence-corrected chi connectivity index (χ4v) is 2.91. The molecular formula is C20H34N2O2S. The predicted molar refractivity (Wildman–Crippen MR) is 110 cm³/mol. The van der Waals surface area contributed by atoms with Crippen LogP contribution in [0.3, 0.4) is 0 Å². The number of methoxy groups -OCH3 is 2. The van der Waals surface area contributed by atoms with E-state index in [9.17, 15) is 0 Å². The lowest BCUT2D eigenvalue weighted by atomic mass is 10.1. The van der Waals surface area contributed by atoms with Gasteiger partial charge in [-0.15, -0.1) is 0 Å². The zero-order chi connectivity index (χ0) is 18.3. The van der Waals surface area contributed by atoms with Crippen LogP contribution >= 0.6 is 12.2 Å². The first-order valence-electron chi connectivity index (χ1n) is 9.43. The minimum Gasteiger partial charge on any atom is -0.493 e. The SMILES string of the molecule is CCCCCCCCCNC(=S)NCCc1ccc(OC)c(OC)c1. The third-order valence-corrected chi connectivity index (χ3v) is 4.50. The number of hydrogen-bond acceptors (Lipinski definition) is 3. The monoisotopic (exact) mass is 366 g/mol. The van der Waals surface area contributed by atoms with Crippen LogP contribution in [0, 0.1) is 0 Å². The van der Waals surface area contributed by atoms with Crippen molar-refractivity contribution in [1.29, 1.82) is 0 Å². The normalized spacial score (nSPS) is 10.4. The van der Waals surface area contributed by atoms with E-state index in [1.165, 1.54) is 50.5 Å². The van der Waals surface area contributed by atoms with Gasteiger partial charge < -0.3 is 20.1 Å². The van der Waals surface area contributed by atoms with Crippen LogP contribution in [0.1, 0.15) is 57.4 Å². The molecule has 0 radical (unpaired) electrons. The maximum atomic E-state index is 5.33. The molecule has 0 bridgehead atoms. The first kappa shape index (κ1) is 21.6. The van der Waals surface area contributed by atoms with Crippen LogP contribution in [-0.2, 0) is 6.42 Å². The van der Waals surface area contributed by atoms with Crippen LogP contribution in [0.5, 0.6) is 11.5 Å². The summed E-state index contributed by atoms with van der Waals surface area (Å²) in [5.41, 5.74) is 1.19. The van der Waals surface area contributed by atoms with E-state index >= 15 is 0 Å². The van der Waals surface area contributed by atoms with E-state index in [0.29, 0.717) is 0 Å². The lowest BCUT2D eigenvalue weighted by molar-refractivity contribution is 0.354. The van der Waals surface area contributed by atoms with Crippen LogP contribution in [0.2, 0.25) is 0 Å². The van der Waals surface area contributed by atoms with Gasteiger partial charge in [0.05, 0.1) is 14.2 Å². The van der Waals surface area contributed by atoms with E-state index in [0.717, 1.165) is 36.1 Å². The van der Waals surface area contributed by atoms with Gasteiger partial charge in [0.25, 0.3) is 0 Å². The Morgan fingerprint density at radius 2 is 1.52 bits per heavy atom. The molecule has 2 N–H and O–H groups in total. The molecule has 0 heterocycles. The van der Waals surface area contributed by atoms with E-state index in [1.54, 1.807) is 14.2 Å². The third kappa shape index (κ3) is 9.54. The van der Waals surface area contributed by atoms with E-state index in [-0.39, 0.29) is 0 Å². The number of nitrogens with one attached hydrogen (secondary N) is 2. The Hall–Kier alpha value is -1.49. The topological polar surface area (TPSA) is 42.5 Å². The van der Waals surface area contributed by atoms with E-state index < -0.39 is 0 Å². The zero-order valence-corrected chi connectivity index (χ0v) is 16.8. The average molecular weight is 367 g/mol. The molecule has 4 nitrogen and oxygen atoms in total. The van der Waals surface area contributed by atoms with Crippen molar-refractivity contribution in [3.05, 3.63) is 23.8 Å². The lowest BCUT2D eigenvalue weighted by Crippen LogP contribution is -2.36. The second-order valence-electron chi connectivity index (χ2n) is 6.24. The van der Waals surface area contributed by atoms with Crippen molar-refractivity contribution >= 4 is 17.3 Å². The number of unbranched alkanes of at least 4 members (excludes halogenated alkanes) is 6. The highest BCUT2D eigenvalue weighted by molar-refractivity contribution is 7.80. The van der Waals surface area contributed by atoms with Crippen LogP contribution in [0.4, 0.5) is 0 Å². The maximum absolute atomic E-state index is 5.33. The number of hydrogen-bond donors (Lipinski definition) is 2. The van der Waals surface area contributed by atoms with Crippen LogP contribution in [0.15, 0.2) is 18.2 Å². The van der Waals surface area contributed by atoms with Crippen molar-refractivity contribution in [2.75, 3.05) is 27.3 Å². The molecule has 0 fully saturated rings. The summed E-state index contributed by atoms with van der Waals surface area (Å²) in [6, 6.07) is 6.00. The summed E-state index contributed by atoms with van der Waals surface area (Å²) in [5, 5.41) is 7.29. The molecule has 0 unspecified atom stereocenters. The quantitative estimate of drug-likeness (QED) is 0.398. The van der Waals surface area contributed by atoms with Gasteiger partial charge in [0, 0.05) is 13.1 Å². The Labute approximate surface area is 158 Å². The van der Waals surface area contributed by atoms with Gasteiger partial charge in [-0.1, -0.05) is 51.5 Å². The van der Waals surface area contributed by atoms with Gasteiger partial charge in [-0.25, -0.2) is 0 Å². The van der Waals surface area contributed by atoms with Crippen LogP contribution in [0.25, 0.3) is 0 Å². The molecule has 142 valence electrons. The van der Waals surface area contributed by atoms with Crippen molar-refractivity contribution in [3.63, 3.8) is 0 Å². The van der Waals surface area contributed by atoms with Crippen LogP contribution < -0.4 is 20.1 Å². The number of benzene rings is 1. The summed E-state index contributed by atoms with van der Waals surface area (Å²) in [6.07, 6.45) is 10.1. The zero-order valence-electron chi connectivity index (χ0n) is 16.0.